The van der Waals surface area contributed by atoms with Crippen LogP contribution in [-0.4, -0.2) is 42.9 Å². The normalized spacial score (nSPS) is 20.0. The first kappa shape index (κ1) is 17.8. The van der Waals surface area contributed by atoms with Gasteiger partial charge >= 0.3 is 12.0 Å². The summed E-state index contributed by atoms with van der Waals surface area (Å²) in [6.45, 7) is 5.77. The molecular formula is C15H28N2O4. The van der Waals surface area contributed by atoms with E-state index in [-0.39, 0.29) is 24.5 Å². The summed E-state index contributed by atoms with van der Waals surface area (Å²) in [4.78, 5) is 22.6. The molecule has 0 bridgehead atoms. The minimum atomic E-state index is -0.821. The van der Waals surface area contributed by atoms with Gasteiger partial charge in [-0.05, 0) is 37.5 Å². The van der Waals surface area contributed by atoms with Gasteiger partial charge in [0.25, 0.3) is 0 Å². The average Bonchev–Trinajstić information content (AvgIpc) is 2.42. The molecule has 2 amide bonds. The standard InChI is InChI=1S/C15H28N2O4/c1-11(2)7-12(8-14(18)19)9-16-15(20)17-10-13-5-3-4-6-21-13/h11-13H,3-10H2,1-2H3,(H,18,19)(H2,16,17,20). The van der Waals surface area contributed by atoms with Gasteiger partial charge in [0.15, 0.2) is 0 Å². The molecule has 1 heterocycles. The molecule has 1 saturated heterocycles. The molecule has 0 aromatic rings. The summed E-state index contributed by atoms with van der Waals surface area (Å²) in [6, 6.07) is -0.247. The third-order valence-corrected chi connectivity index (χ3v) is 3.58. The Morgan fingerprint density at radius 3 is 2.62 bits per heavy atom. The Hall–Kier alpha value is -1.30. The molecule has 21 heavy (non-hydrogen) atoms. The van der Waals surface area contributed by atoms with Crippen LogP contribution in [0, 0.1) is 11.8 Å². The van der Waals surface area contributed by atoms with Crippen LogP contribution in [0.25, 0.3) is 0 Å². The predicted octanol–water partition coefficient (Wildman–Crippen LogP) is 1.99. The molecule has 0 aromatic carbocycles. The Morgan fingerprint density at radius 1 is 1.29 bits per heavy atom. The molecule has 0 aromatic heterocycles. The van der Waals surface area contributed by atoms with Crippen LogP contribution >= 0.6 is 0 Å². The zero-order chi connectivity index (χ0) is 15.7. The van der Waals surface area contributed by atoms with Crippen LogP contribution in [-0.2, 0) is 9.53 Å². The topological polar surface area (TPSA) is 87.7 Å². The first-order chi connectivity index (χ1) is 9.97. The fourth-order valence-electron chi connectivity index (χ4n) is 2.63. The van der Waals surface area contributed by atoms with Crippen molar-refractivity contribution in [3.63, 3.8) is 0 Å². The number of amides is 2. The van der Waals surface area contributed by atoms with E-state index in [1.54, 1.807) is 0 Å². The first-order valence-electron chi connectivity index (χ1n) is 7.82. The smallest absolute Gasteiger partial charge is 0.314 e. The lowest BCUT2D eigenvalue weighted by Gasteiger charge is -2.23. The molecule has 122 valence electrons. The molecule has 2 atom stereocenters. The third-order valence-electron chi connectivity index (χ3n) is 3.58. The Morgan fingerprint density at radius 2 is 2.05 bits per heavy atom. The molecule has 0 aliphatic carbocycles. The number of nitrogens with one attached hydrogen (secondary N) is 2. The van der Waals surface area contributed by atoms with E-state index in [2.05, 4.69) is 24.5 Å². The first-order valence-corrected chi connectivity index (χ1v) is 7.82. The third kappa shape index (κ3) is 8.55. The number of urea groups is 1. The summed E-state index contributed by atoms with van der Waals surface area (Å²) in [5, 5.41) is 14.4. The summed E-state index contributed by atoms with van der Waals surface area (Å²) >= 11 is 0. The van der Waals surface area contributed by atoms with Crippen molar-refractivity contribution in [1.82, 2.24) is 10.6 Å². The van der Waals surface area contributed by atoms with Crippen molar-refractivity contribution in [2.45, 2.75) is 52.1 Å². The molecule has 1 aliphatic heterocycles. The zero-order valence-corrected chi connectivity index (χ0v) is 13.1. The van der Waals surface area contributed by atoms with Crippen molar-refractivity contribution in [3.8, 4) is 0 Å². The Balaban J connectivity index is 2.23. The minimum absolute atomic E-state index is 0.0285. The molecule has 1 rings (SSSR count). The number of carbonyl (C=O) groups is 2. The lowest BCUT2D eigenvalue weighted by molar-refractivity contribution is -0.138. The summed E-state index contributed by atoms with van der Waals surface area (Å²) in [5.74, 6) is -0.438. The quantitative estimate of drug-likeness (QED) is 0.639. The number of carbonyl (C=O) groups excluding carboxylic acids is 1. The van der Waals surface area contributed by atoms with Crippen molar-refractivity contribution >= 4 is 12.0 Å². The van der Waals surface area contributed by atoms with E-state index in [1.807, 2.05) is 0 Å². The zero-order valence-electron chi connectivity index (χ0n) is 13.1. The van der Waals surface area contributed by atoms with E-state index in [9.17, 15) is 9.59 Å². The van der Waals surface area contributed by atoms with Crippen LogP contribution in [0.15, 0.2) is 0 Å². The van der Waals surface area contributed by atoms with Crippen LogP contribution < -0.4 is 10.6 Å². The van der Waals surface area contributed by atoms with E-state index >= 15 is 0 Å². The number of carboxylic acids is 1. The maximum absolute atomic E-state index is 11.7. The highest BCUT2D eigenvalue weighted by Crippen LogP contribution is 2.15. The van der Waals surface area contributed by atoms with E-state index in [0.717, 1.165) is 32.3 Å². The van der Waals surface area contributed by atoms with Gasteiger partial charge < -0.3 is 20.5 Å². The largest absolute Gasteiger partial charge is 0.481 e. The number of aliphatic carboxylic acids is 1. The molecule has 1 aliphatic rings. The van der Waals surface area contributed by atoms with E-state index in [1.165, 1.54) is 0 Å². The molecule has 2 unspecified atom stereocenters. The van der Waals surface area contributed by atoms with Crippen LogP contribution in [0.4, 0.5) is 4.79 Å². The van der Waals surface area contributed by atoms with Gasteiger partial charge in [0.1, 0.15) is 0 Å². The maximum Gasteiger partial charge on any atom is 0.314 e. The van der Waals surface area contributed by atoms with Gasteiger partial charge in [-0.1, -0.05) is 13.8 Å². The van der Waals surface area contributed by atoms with Crippen molar-refractivity contribution < 1.29 is 19.4 Å². The summed E-state index contributed by atoms with van der Waals surface area (Å²) in [6.07, 6.45) is 4.20. The highest BCUT2D eigenvalue weighted by Gasteiger charge is 2.17. The second-order valence-corrected chi connectivity index (χ2v) is 6.17. The van der Waals surface area contributed by atoms with E-state index in [4.69, 9.17) is 9.84 Å². The second kappa shape index (κ2) is 9.60. The molecule has 0 spiro atoms. The van der Waals surface area contributed by atoms with Gasteiger partial charge in [0.05, 0.1) is 6.10 Å². The second-order valence-electron chi connectivity index (χ2n) is 6.17. The SMILES string of the molecule is CC(C)CC(CNC(=O)NCC1CCCCO1)CC(=O)O. The van der Waals surface area contributed by atoms with Crippen LogP contribution in [0.1, 0.15) is 46.0 Å². The Bertz CT molecular complexity index is 328. The maximum atomic E-state index is 11.7. The van der Waals surface area contributed by atoms with Gasteiger partial charge in [-0.25, -0.2) is 4.79 Å². The van der Waals surface area contributed by atoms with Crippen LogP contribution in [0.3, 0.4) is 0 Å². The van der Waals surface area contributed by atoms with Gasteiger partial charge in [0.2, 0.25) is 0 Å². The average molecular weight is 300 g/mol. The number of hydrogen-bond acceptors (Lipinski definition) is 3. The molecule has 6 nitrogen and oxygen atoms in total. The molecular weight excluding hydrogens is 272 g/mol. The van der Waals surface area contributed by atoms with Gasteiger partial charge in [-0.2, -0.15) is 0 Å². The fourth-order valence-corrected chi connectivity index (χ4v) is 2.63. The number of hydrogen-bond donors (Lipinski definition) is 3. The van der Waals surface area contributed by atoms with Crippen molar-refractivity contribution in [2.75, 3.05) is 19.7 Å². The summed E-state index contributed by atoms with van der Waals surface area (Å²) in [7, 11) is 0. The Kier molecular flexibility index (Phi) is 8.12. The predicted molar refractivity (Wildman–Crippen MR) is 80.2 cm³/mol. The molecule has 6 heteroatoms. The van der Waals surface area contributed by atoms with Crippen LogP contribution in [0.5, 0.6) is 0 Å². The lowest BCUT2D eigenvalue weighted by atomic mass is 9.94. The molecule has 0 radical (unpaired) electrons. The van der Waals surface area contributed by atoms with Gasteiger partial charge in [-0.3, -0.25) is 4.79 Å². The Labute approximate surface area is 126 Å². The van der Waals surface area contributed by atoms with Crippen molar-refractivity contribution in [2.24, 2.45) is 11.8 Å². The fraction of sp³-hybridized carbons (Fsp3) is 0.867. The van der Waals surface area contributed by atoms with Crippen LogP contribution in [0.2, 0.25) is 0 Å². The van der Waals surface area contributed by atoms with Crippen molar-refractivity contribution in [1.29, 1.82) is 0 Å². The number of ether oxygens (including phenoxy) is 1. The highest BCUT2D eigenvalue weighted by atomic mass is 16.5. The molecule has 0 saturated carbocycles. The lowest BCUT2D eigenvalue weighted by Crippen LogP contribution is -2.43. The van der Waals surface area contributed by atoms with Gasteiger partial charge in [0, 0.05) is 26.1 Å². The van der Waals surface area contributed by atoms with E-state index < -0.39 is 5.97 Å². The highest BCUT2D eigenvalue weighted by molar-refractivity contribution is 5.74. The molecule has 3 N–H and O–H groups in total. The van der Waals surface area contributed by atoms with Gasteiger partial charge in [-0.15, -0.1) is 0 Å². The summed E-state index contributed by atoms with van der Waals surface area (Å²) < 4.78 is 5.54. The summed E-state index contributed by atoms with van der Waals surface area (Å²) in [5.41, 5.74) is 0. The monoisotopic (exact) mass is 300 g/mol. The number of rotatable bonds is 8. The number of carboxylic acid groups (broad SMARTS) is 1. The molecule has 1 fully saturated rings. The minimum Gasteiger partial charge on any atom is -0.481 e. The van der Waals surface area contributed by atoms with Crippen molar-refractivity contribution in [3.05, 3.63) is 0 Å². The van der Waals surface area contributed by atoms with E-state index in [0.29, 0.717) is 19.0 Å².